The lowest BCUT2D eigenvalue weighted by molar-refractivity contribution is 0.924. The summed E-state index contributed by atoms with van der Waals surface area (Å²) in [5, 5.41) is 6.45. The summed E-state index contributed by atoms with van der Waals surface area (Å²) >= 11 is 0. The fourth-order valence-electron chi connectivity index (χ4n) is 5.19. The summed E-state index contributed by atoms with van der Waals surface area (Å²) in [6.45, 7) is 10.1. The molecule has 0 radical (unpaired) electrons. The second-order valence-electron chi connectivity index (χ2n) is 9.28. The Morgan fingerprint density at radius 1 is 0.667 bits per heavy atom. The zero-order chi connectivity index (χ0) is 25.2. The molecule has 178 valence electrons. The van der Waals surface area contributed by atoms with Crippen molar-refractivity contribution in [2.75, 3.05) is 0 Å². The molecule has 0 atom stereocenters. The Bertz CT molecular complexity index is 1830. The zero-order valence-corrected chi connectivity index (χ0v) is 21.5. The van der Waals surface area contributed by atoms with Gasteiger partial charge in [-0.2, -0.15) is 0 Å². The quantitative estimate of drug-likeness (QED) is 0.251. The van der Waals surface area contributed by atoms with Gasteiger partial charge >= 0.3 is 0 Å². The molecule has 2 heteroatoms. The van der Waals surface area contributed by atoms with E-state index in [1.807, 2.05) is 6.08 Å². The molecule has 2 nitrogen and oxygen atoms in total. The van der Waals surface area contributed by atoms with E-state index in [2.05, 4.69) is 147 Å². The van der Waals surface area contributed by atoms with E-state index in [0.717, 1.165) is 0 Å². The smallest absolute Gasteiger partial charge is 0.0541 e. The number of aryl methyl sites for hydroxylation is 3. The maximum Gasteiger partial charge on any atom is 0.0541 e. The van der Waals surface area contributed by atoms with Crippen LogP contribution in [-0.4, -0.2) is 9.13 Å². The minimum Gasteiger partial charge on any atom is -0.344 e. The van der Waals surface area contributed by atoms with Crippen molar-refractivity contribution in [3.8, 4) is 5.69 Å². The molecule has 2 aromatic heterocycles. The summed E-state index contributed by atoms with van der Waals surface area (Å²) in [6.07, 6.45) is 6.08. The number of allylic oxidation sites excluding steroid dienone is 1. The average Bonchev–Trinajstić information content (AvgIpc) is 3.36. The van der Waals surface area contributed by atoms with Gasteiger partial charge in [-0.1, -0.05) is 84.5 Å². The van der Waals surface area contributed by atoms with E-state index in [1.165, 1.54) is 60.1 Å². The number of hydrogen-bond acceptors (Lipinski definition) is 0. The molecule has 4 aromatic carbocycles. The Morgan fingerprint density at radius 2 is 1.28 bits per heavy atom. The molecule has 2 heterocycles. The van der Waals surface area contributed by atoms with Gasteiger partial charge in [-0.15, -0.1) is 0 Å². The third-order valence-electron chi connectivity index (χ3n) is 6.84. The van der Waals surface area contributed by atoms with Gasteiger partial charge in [-0.3, -0.25) is 0 Å². The molecule has 0 amide bonds. The van der Waals surface area contributed by atoms with Gasteiger partial charge in [0, 0.05) is 45.0 Å². The van der Waals surface area contributed by atoms with Crippen molar-refractivity contribution in [3.63, 3.8) is 0 Å². The van der Waals surface area contributed by atoms with Crippen LogP contribution in [0.2, 0.25) is 0 Å². The van der Waals surface area contributed by atoms with Crippen molar-refractivity contribution in [2.24, 2.45) is 7.05 Å². The predicted molar refractivity (Wildman–Crippen MR) is 157 cm³/mol. The molecule has 0 N–H and O–H groups in total. The van der Waals surface area contributed by atoms with Gasteiger partial charge < -0.3 is 9.13 Å². The predicted octanol–water partition coefficient (Wildman–Crippen LogP) is 7.35. The van der Waals surface area contributed by atoms with Crippen LogP contribution in [0.25, 0.3) is 50.5 Å². The second kappa shape index (κ2) is 9.75. The highest BCUT2D eigenvalue weighted by molar-refractivity contribution is 6.09. The largest absolute Gasteiger partial charge is 0.344 e. The number of para-hydroxylation sites is 2. The van der Waals surface area contributed by atoms with Crippen molar-refractivity contribution >= 4 is 44.9 Å². The van der Waals surface area contributed by atoms with Gasteiger partial charge in [-0.05, 0) is 63.2 Å². The van der Waals surface area contributed by atoms with Gasteiger partial charge in [0.25, 0.3) is 0 Å². The first-order chi connectivity index (χ1) is 17.5. The first-order valence-corrected chi connectivity index (χ1v) is 12.4. The molecule has 36 heavy (non-hydrogen) atoms. The molecule has 0 saturated heterocycles. The Hall–Kier alpha value is -4.30. The first-order valence-electron chi connectivity index (χ1n) is 12.4. The molecule has 0 spiro atoms. The second-order valence-corrected chi connectivity index (χ2v) is 9.28. The lowest BCUT2D eigenvalue weighted by atomic mass is 10.1. The standard InChI is InChI=1S/C19H15N.C15H17N/c1-14-11-12-19-17(13-14)16-9-5-6-10-18(16)20(19)15-7-3-2-4-8-15;1-5-7-12-13-10-11(3)8-9-15(13)16(4)14(12)6-2/h2-13H,1H3;5-10H,1H2,2-4H3/b;12-7-,14-6+. The summed E-state index contributed by atoms with van der Waals surface area (Å²) < 4.78 is 4.56. The van der Waals surface area contributed by atoms with Crippen LogP contribution in [-0.2, 0) is 7.05 Å². The molecule has 0 unspecified atom stereocenters. The summed E-state index contributed by atoms with van der Waals surface area (Å²) in [5.74, 6) is 0. The van der Waals surface area contributed by atoms with Gasteiger partial charge in [0.1, 0.15) is 0 Å². The van der Waals surface area contributed by atoms with Crippen molar-refractivity contribution in [3.05, 3.63) is 125 Å². The molecule has 0 aliphatic rings. The van der Waals surface area contributed by atoms with Crippen molar-refractivity contribution < 1.29 is 0 Å². The SMILES string of the molecule is C=C/C=c1\c(=C/C)n(C)c2ccc(C)cc12.Cc1ccc2c(c1)c1ccccc1n2-c1ccccc1. The Balaban J connectivity index is 0.000000152. The van der Waals surface area contributed by atoms with Crippen LogP contribution in [0.4, 0.5) is 0 Å². The van der Waals surface area contributed by atoms with E-state index >= 15 is 0 Å². The van der Waals surface area contributed by atoms with Crippen LogP contribution in [0.3, 0.4) is 0 Å². The van der Waals surface area contributed by atoms with Gasteiger partial charge in [0.05, 0.1) is 11.0 Å². The lowest BCUT2D eigenvalue weighted by Gasteiger charge is -2.07. The maximum atomic E-state index is 3.79. The maximum absolute atomic E-state index is 3.79. The van der Waals surface area contributed by atoms with E-state index in [0.29, 0.717) is 0 Å². The Morgan fingerprint density at radius 3 is 1.97 bits per heavy atom. The van der Waals surface area contributed by atoms with Crippen molar-refractivity contribution in [2.45, 2.75) is 20.8 Å². The van der Waals surface area contributed by atoms with E-state index in [4.69, 9.17) is 0 Å². The highest BCUT2D eigenvalue weighted by Gasteiger charge is 2.11. The van der Waals surface area contributed by atoms with Crippen LogP contribution in [0, 0.1) is 13.8 Å². The monoisotopic (exact) mass is 468 g/mol. The highest BCUT2D eigenvalue weighted by atomic mass is 15.0. The van der Waals surface area contributed by atoms with Crippen LogP contribution in [0.1, 0.15) is 18.1 Å². The molecule has 0 fully saturated rings. The minimum absolute atomic E-state index is 1.21. The topological polar surface area (TPSA) is 9.86 Å². The summed E-state index contributed by atoms with van der Waals surface area (Å²) in [6, 6.07) is 32.4. The minimum atomic E-state index is 1.21. The van der Waals surface area contributed by atoms with E-state index in [9.17, 15) is 0 Å². The molecule has 0 bridgehead atoms. The summed E-state index contributed by atoms with van der Waals surface area (Å²) in [5.41, 5.74) is 7.60. The first kappa shape index (κ1) is 23.4. The zero-order valence-electron chi connectivity index (χ0n) is 21.5. The average molecular weight is 469 g/mol. The molecular formula is C34H32N2. The normalized spacial score (nSPS) is 12.3. The molecule has 6 aromatic rings. The molecular weight excluding hydrogens is 436 g/mol. The summed E-state index contributed by atoms with van der Waals surface area (Å²) in [4.78, 5) is 0. The Labute approximate surface area is 212 Å². The van der Waals surface area contributed by atoms with Crippen LogP contribution in [0.5, 0.6) is 0 Å². The third kappa shape index (κ3) is 4.05. The number of hydrogen-bond donors (Lipinski definition) is 0. The number of benzene rings is 4. The highest BCUT2D eigenvalue weighted by Crippen LogP contribution is 2.32. The van der Waals surface area contributed by atoms with Gasteiger partial charge in [0.15, 0.2) is 0 Å². The van der Waals surface area contributed by atoms with Crippen molar-refractivity contribution in [1.82, 2.24) is 9.13 Å². The molecule has 0 saturated carbocycles. The van der Waals surface area contributed by atoms with E-state index in [1.54, 1.807) is 0 Å². The number of fused-ring (bicyclic) bond motifs is 4. The van der Waals surface area contributed by atoms with Gasteiger partial charge in [0.2, 0.25) is 0 Å². The van der Waals surface area contributed by atoms with Crippen molar-refractivity contribution in [1.29, 1.82) is 0 Å². The van der Waals surface area contributed by atoms with Crippen LogP contribution < -0.4 is 10.6 Å². The van der Waals surface area contributed by atoms with E-state index < -0.39 is 0 Å². The molecule has 0 aliphatic carbocycles. The third-order valence-corrected chi connectivity index (χ3v) is 6.84. The molecule has 0 aliphatic heterocycles. The fraction of sp³-hybridized carbons (Fsp3) is 0.118. The molecule has 6 rings (SSSR count). The Kier molecular flexibility index (Phi) is 6.35. The fourth-order valence-corrected chi connectivity index (χ4v) is 5.19. The van der Waals surface area contributed by atoms with Gasteiger partial charge in [-0.25, -0.2) is 0 Å². The number of aromatic nitrogens is 2. The van der Waals surface area contributed by atoms with Crippen LogP contribution in [0.15, 0.2) is 104 Å². The lowest BCUT2D eigenvalue weighted by Crippen LogP contribution is -2.26. The summed E-state index contributed by atoms with van der Waals surface area (Å²) in [7, 11) is 2.10. The number of rotatable bonds is 2. The van der Waals surface area contributed by atoms with Crippen LogP contribution >= 0.6 is 0 Å². The van der Waals surface area contributed by atoms with E-state index in [-0.39, 0.29) is 0 Å². The number of nitrogens with zero attached hydrogens (tertiary/aromatic N) is 2.